The number of halogens is 1. The molecule has 7 nitrogen and oxygen atoms in total. The first kappa shape index (κ1) is 22.2. The lowest BCUT2D eigenvalue weighted by Gasteiger charge is -2.15. The van der Waals surface area contributed by atoms with Crippen molar-refractivity contribution in [3.05, 3.63) is 75.5 Å². The van der Waals surface area contributed by atoms with Gasteiger partial charge < -0.3 is 4.42 Å². The van der Waals surface area contributed by atoms with E-state index in [0.29, 0.717) is 34.1 Å². The number of rotatable bonds is 4. The second-order valence-electron chi connectivity index (χ2n) is 7.52. The van der Waals surface area contributed by atoms with Crippen molar-refractivity contribution in [2.45, 2.75) is 25.7 Å². The molecule has 1 aromatic heterocycles. The van der Waals surface area contributed by atoms with Gasteiger partial charge in [0.25, 0.3) is 5.91 Å². The molecule has 0 aliphatic carbocycles. The molecule has 1 aliphatic rings. The van der Waals surface area contributed by atoms with E-state index in [9.17, 15) is 13.2 Å². The summed E-state index contributed by atoms with van der Waals surface area (Å²) in [6, 6.07) is 13.4. The van der Waals surface area contributed by atoms with Crippen molar-refractivity contribution in [1.29, 1.82) is 0 Å². The number of furan rings is 1. The van der Waals surface area contributed by atoms with Crippen LogP contribution in [0.3, 0.4) is 0 Å². The number of carbonyl (C=O) groups is 1. The molecule has 0 saturated carbocycles. The molecule has 0 radical (unpaired) electrons. The summed E-state index contributed by atoms with van der Waals surface area (Å²) < 4.78 is 29.5. The van der Waals surface area contributed by atoms with Crippen molar-refractivity contribution in [3.8, 4) is 11.3 Å². The Morgan fingerprint density at radius 3 is 2.34 bits per heavy atom. The highest BCUT2D eigenvalue weighted by Gasteiger charge is 2.30. The van der Waals surface area contributed by atoms with Gasteiger partial charge in [0.15, 0.2) is 0 Å². The molecule has 0 spiro atoms. The maximum absolute atomic E-state index is 13.1. The fourth-order valence-corrected chi connectivity index (χ4v) is 4.45. The predicted molar refractivity (Wildman–Crippen MR) is 128 cm³/mol. The minimum atomic E-state index is -3.76. The van der Waals surface area contributed by atoms with Gasteiger partial charge in [0.2, 0.25) is 10.0 Å². The van der Waals surface area contributed by atoms with E-state index in [1.807, 2.05) is 26.0 Å². The minimum absolute atomic E-state index is 0.0242. The molecule has 3 aromatic rings. The molecular weight excluding hydrogens is 494 g/mol. The molecule has 0 bridgehead atoms. The molecule has 2 aromatic carbocycles. The number of hydrazone groups is 1. The van der Waals surface area contributed by atoms with Crippen molar-refractivity contribution >= 4 is 49.3 Å². The topological polar surface area (TPSA) is 106 Å². The number of primary sulfonamides is 1. The quantitative estimate of drug-likeness (QED) is 0.506. The smallest absolute Gasteiger partial charge is 0.280 e. The van der Waals surface area contributed by atoms with Gasteiger partial charge in [-0.1, -0.05) is 0 Å². The van der Waals surface area contributed by atoms with E-state index in [0.717, 1.165) is 15.6 Å². The molecule has 2 heterocycles. The zero-order valence-corrected chi connectivity index (χ0v) is 20.0. The zero-order chi connectivity index (χ0) is 23.2. The molecule has 0 unspecified atom stereocenters. The molecule has 32 heavy (non-hydrogen) atoms. The third-order valence-corrected chi connectivity index (χ3v) is 6.80. The number of amides is 1. The van der Waals surface area contributed by atoms with Gasteiger partial charge in [0, 0.05) is 10.0 Å². The van der Waals surface area contributed by atoms with Gasteiger partial charge in [-0.15, -0.1) is 0 Å². The minimum Gasteiger partial charge on any atom is -0.457 e. The molecule has 9 heteroatoms. The number of sulfonamides is 1. The standard InChI is InChI=1S/C23H20BrN3O4S/c1-13-10-20(24)21(11-14(13)2)27-23(28)19(15(3)26-27)12-17-6-9-22(31-17)16-4-7-18(8-5-16)32(25,29)30/h4-12H,1-3H3,(H2,25,29,30). The van der Waals surface area contributed by atoms with Crippen molar-refractivity contribution in [3.63, 3.8) is 0 Å². The van der Waals surface area contributed by atoms with E-state index >= 15 is 0 Å². The fraction of sp³-hybridized carbons (Fsp3) is 0.130. The molecule has 4 rings (SSSR count). The van der Waals surface area contributed by atoms with E-state index in [1.54, 1.807) is 37.3 Å². The van der Waals surface area contributed by atoms with Gasteiger partial charge >= 0.3 is 0 Å². The molecule has 1 amide bonds. The number of anilines is 1. The molecular formula is C23H20BrN3O4S. The van der Waals surface area contributed by atoms with Crippen LogP contribution < -0.4 is 10.1 Å². The summed E-state index contributed by atoms with van der Waals surface area (Å²) in [4.78, 5) is 13.1. The van der Waals surface area contributed by atoms with Crippen LogP contribution in [0, 0.1) is 13.8 Å². The molecule has 164 valence electrons. The second-order valence-corrected chi connectivity index (χ2v) is 9.94. The Kier molecular flexibility index (Phi) is 5.66. The number of hydrogen-bond acceptors (Lipinski definition) is 5. The summed E-state index contributed by atoms with van der Waals surface area (Å²) in [5.74, 6) is 0.767. The monoisotopic (exact) mass is 513 g/mol. The van der Waals surface area contributed by atoms with Crippen molar-refractivity contribution in [2.75, 3.05) is 5.01 Å². The van der Waals surface area contributed by atoms with E-state index in [1.165, 1.54) is 17.1 Å². The Bertz CT molecular complexity index is 1400. The summed E-state index contributed by atoms with van der Waals surface area (Å²) in [5, 5.41) is 11.0. The predicted octanol–water partition coefficient (Wildman–Crippen LogP) is 4.78. The summed E-state index contributed by atoms with van der Waals surface area (Å²) in [6.45, 7) is 5.76. The van der Waals surface area contributed by atoms with Gasteiger partial charge in [0.1, 0.15) is 11.5 Å². The van der Waals surface area contributed by atoms with Crippen LogP contribution in [-0.4, -0.2) is 20.0 Å². The highest BCUT2D eigenvalue weighted by Crippen LogP contribution is 2.34. The largest absolute Gasteiger partial charge is 0.457 e. The Balaban J connectivity index is 1.62. The highest BCUT2D eigenvalue weighted by atomic mass is 79.9. The summed E-state index contributed by atoms with van der Waals surface area (Å²) in [7, 11) is -3.76. The number of nitrogens with two attached hydrogens (primary N) is 1. The average molecular weight is 514 g/mol. The first-order valence-electron chi connectivity index (χ1n) is 9.66. The van der Waals surface area contributed by atoms with Crippen LogP contribution in [0.4, 0.5) is 5.69 Å². The SMILES string of the molecule is CC1=NN(c2cc(C)c(C)cc2Br)C(=O)C1=Cc1ccc(-c2ccc(S(N)(=O)=O)cc2)o1. The van der Waals surface area contributed by atoms with Gasteiger partial charge in [0.05, 0.1) is 21.9 Å². The van der Waals surface area contributed by atoms with Gasteiger partial charge in [-0.3, -0.25) is 4.79 Å². The first-order valence-corrected chi connectivity index (χ1v) is 12.0. The van der Waals surface area contributed by atoms with Crippen LogP contribution in [-0.2, 0) is 14.8 Å². The van der Waals surface area contributed by atoms with Crippen molar-refractivity contribution in [2.24, 2.45) is 10.2 Å². The molecule has 0 atom stereocenters. The number of benzene rings is 2. The summed E-state index contributed by atoms with van der Waals surface area (Å²) in [5.41, 5.74) is 4.55. The van der Waals surface area contributed by atoms with Crippen molar-refractivity contribution < 1.29 is 17.6 Å². The Morgan fingerprint density at radius 2 is 1.69 bits per heavy atom. The van der Waals surface area contributed by atoms with E-state index in [-0.39, 0.29) is 10.8 Å². The van der Waals surface area contributed by atoms with Crippen LogP contribution in [0.25, 0.3) is 17.4 Å². The third-order valence-electron chi connectivity index (χ3n) is 5.23. The third kappa shape index (κ3) is 4.19. The van der Waals surface area contributed by atoms with Crippen molar-refractivity contribution in [1.82, 2.24) is 0 Å². The van der Waals surface area contributed by atoms with E-state index < -0.39 is 10.0 Å². The van der Waals surface area contributed by atoms with Gasteiger partial charge in [-0.05, 0) is 102 Å². The maximum atomic E-state index is 13.1. The Hall–Kier alpha value is -3.01. The van der Waals surface area contributed by atoms with Gasteiger partial charge in [-0.2, -0.15) is 10.1 Å². The number of aryl methyl sites for hydroxylation is 2. The average Bonchev–Trinajstić information content (AvgIpc) is 3.30. The number of nitrogens with zero attached hydrogens (tertiary/aromatic N) is 2. The maximum Gasteiger partial charge on any atom is 0.280 e. The van der Waals surface area contributed by atoms with Gasteiger partial charge in [-0.25, -0.2) is 13.6 Å². The van der Waals surface area contributed by atoms with Crippen LogP contribution in [0.5, 0.6) is 0 Å². The molecule has 1 aliphatic heterocycles. The highest BCUT2D eigenvalue weighted by molar-refractivity contribution is 9.10. The second kappa shape index (κ2) is 8.16. The molecule has 0 saturated heterocycles. The fourth-order valence-electron chi connectivity index (χ4n) is 3.31. The Labute approximate surface area is 194 Å². The van der Waals surface area contributed by atoms with Crippen LogP contribution in [0.15, 0.2) is 73.0 Å². The van der Waals surface area contributed by atoms with Crippen LogP contribution in [0.2, 0.25) is 0 Å². The van der Waals surface area contributed by atoms with E-state index in [4.69, 9.17) is 9.56 Å². The van der Waals surface area contributed by atoms with Crippen LogP contribution >= 0.6 is 15.9 Å². The lowest BCUT2D eigenvalue weighted by molar-refractivity contribution is -0.114. The molecule has 2 N–H and O–H groups in total. The zero-order valence-electron chi connectivity index (χ0n) is 17.6. The van der Waals surface area contributed by atoms with E-state index in [2.05, 4.69) is 21.0 Å². The molecule has 0 fully saturated rings. The lowest BCUT2D eigenvalue weighted by atomic mass is 10.1. The summed E-state index contributed by atoms with van der Waals surface area (Å²) in [6.07, 6.45) is 1.65. The number of carbonyl (C=O) groups excluding carboxylic acids is 1. The van der Waals surface area contributed by atoms with Crippen LogP contribution in [0.1, 0.15) is 23.8 Å². The lowest BCUT2D eigenvalue weighted by Crippen LogP contribution is -2.21. The summed E-state index contributed by atoms with van der Waals surface area (Å²) >= 11 is 3.53. The Morgan fingerprint density at radius 1 is 1.03 bits per heavy atom. The number of hydrogen-bond donors (Lipinski definition) is 1. The normalized spacial score (nSPS) is 15.5. The first-order chi connectivity index (χ1) is 15.0.